The predicted molar refractivity (Wildman–Crippen MR) is 86.7 cm³/mol. The van der Waals surface area contributed by atoms with Crippen molar-refractivity contribution >= 4 is 11.6 Å². The molecule has 0 saturated carbocycles. The Hall–Kier alpha value is -3.09. The van der Waals surface area contributed by atoms with Gasteiger partial charge in [0.2, 0.25) is 11.8 Å². The highest BCUT2D eigenvalue weighted by Crippen LogP contribution is 2.23. The summed E-state index contributed by atoms with van der Waals surface area (Å²) in [5.41, 5.74) is 1.44. The number of benzene rings is 1. The Labute approximate surface area is 138 Å². The number of aryl methyl sites for hydroxylation is 2. The van der Waals surface area contributed by atoms with Gasteiger partial charge in [-0.1, -0.05) is 6.07 Å². The number of carbonyl (C=O) groups is 1. The van der Waals surface area contributed by atoms with Crippen molar-refractivity contribution in [3.63, 3.8) is 0 Å². The van der Waals surface area contributed by atoms with Gasteiger partial charge in [-0.15, -0.1) is 10.2 Å². The molecule has 0 aliphatic carbocycles. The number of methoxy groups -OCH3 is 1. The third-order valence-corrected chi connectivity index (χ3v) is 3.48. The molecule has 7 nitrogen and oxygen atoms in total. The lowest BCUT2D eigenvalue weighted by molar-refractivity contribution is -0.116. The highest BCUT2D eigenvalue weighted by Gasteiger charge is 2.14. The number of rotatable bonds is 6. The van der Waals surface area contributed by atoms with Gasteiger partial charge in [0, 0.05) is 24.6 Å². The standard InChI is InChI=1S/C17H17N3O4/c1-11-14(8-9-23-11)17-20-19-16(24-17)7-6-15(21)18-12-4-3-5-13(10-12)22-2/h3-5,8-10H,6-7H2,1-2H3,(H,18,21). The number of nitrogens with zero attached hydrogens (tertiary/aromatic N) is 2. The molecule has 0 fully saturated rings. The molecule has 0 atom stereocenters. The number of amides is 1. The number of ether oxygens (including phenoxy) is 1. The summed E-state index contributed by atoms with van der Waals surface area (Å²) in [5, 5.41) is 10.7. The monoisotopic (exact) mass is 327 g/mol. The van der Waals surface area contributed by atoms with E-state index in [9.17, 15) is 4.79 Å². The fraction of sp³-hybridized carbons (Fsp3) is 0.235. The van der Waals surface area contributed by atoms with Crippen LogP contribution in [-0.2, 0) is 11.2 Å². The molecule has 0 bridgehead atoms. The van der Waals surface area contributed by atoms with Gasteiger partial charge in [0.15, 0.2) is 0 Å². The van der Waals surface area contributed by atoms with Crippen molar-refractivity contribution < 1.29 is 18.4 Å². The molecule has 1 N–H and O–H groups in total. The number of anilines is 1. The minimum atomic E-state index is -0.137. The Balaban J connectivity index is 1.57. The van der Waals surface area contributed by atoms with Crippen LogP contribution in [0.5, 0.6) is 5.75 Å². The summed E-state index contributed by atoms with van der Waals surface area (Å²) in [4.78, 5) is 12.0. The van der Waals surface area contributed by atoms with Crippen LogP contribution in [0.3, 0.4) is 0 Å². The van der Waals surface area contributed by atoms with Crippen molar-refractivity contribution in [2.45, 2.75) is 19.8 Å². The molecule has 3 aromatic rings. The van der Waals surface area contributed by atoms with Crippen LogP contribution < -0.4 is 10.1 Å². The SMILES string of the molecule is COc1cccc(NC(=O)CCc2nnc(-c3ccoc3C)o2)c1. The number of carbonyl (C=O) groups excluding carboxylic acids is 1. The third-order valence-electron chi connectivity index (χ3n) is 3.48. The van der Waals surface area contributed by atoms with Crippen LogP contribution in [0.15, 0.2) is 45.4 Å². The smallest absolute Gasteiger partial charge is 0.251 e. The average Bonchev–Trinajstić information content (AvgIpc) is 3.21. The van der Waals surface area contributed by atoms with Crippen molar-refractivity contribution in [2.24, 2.45) is 0 Å². The molecule has 2 aromatic heterocycles. The molecule has 0 unspecified atom stereocenters. The van der Waals surface area contributed by atoms with E-state index in [4.69, 9.17) is 13.6 Å². The van der Waals surface area contributed by atoms with Crippen molar-refractivity contribution in [1.29, 1.82) is 0 Å². The lowest BCUT2D eigenvalue weighted by Gasteiger charge is -2.06. The summed E-state index contributed by atoms with van der Waals surface area (Å²) in [5.74, 6) is 2.06. The van der Waals surface area contributed by atoms with Gasteiger partial charge < -0.3 is 18.9 Å². The Kier molecular flexibility index (Phi) is 4.60. The van der Waals surface area contributed by atoms with Crippen LogP contribution >= 0.6 is 0 Å². The van der Waals surface area contributed by atoms with Crippen molar-refractivity contribution in [3.05, 3.63) is 48.2 Å². The summed E-state index contributed by atoms with van der Waals surface area (Å²) in [6.45, 7) is 1.82. The van der Waals surface area contributed by atoms with Gasteiger partial charge in [-0.05, 0) is 25.1 Å². The first kappa shape index (κ1) is 15.8. The maximum Gasteiger partial charge on any atom is 0.251 e. The van der Waals surface area contributed by atoms with Crippen LogP contribution in [-0.4, -0.2) is 23.2 Å². The van der Waals surface area contributed by atoms with Crippen LogP contribution in [0.25, 0.3) is 11.5 Å². The lowest BCUT2D eigenvalue weighted by atomic mass is 10.2. The molecule has 0 aliphatic rings. The van der Waals surface area contributed by atoms with E-state index in [1.165, 1.54) is 0 Å². The lowest BCUT2D eigenvalue weighted by Crippen LogP contribution is -2.12. The average molecular weight is 327 g/mol. The molecule has 1 amide bonds. The van der Waals surface area contributed by atoms with E-state index in [0.717, 1.165) is 5.56 Å². The fourth-order valence-electron chi connectivity index (χ4n) is 2.22. The minimum Gasteiger partial charge on any atom is -0.497 e. The first-order valence-electron chi connectivity index (χ1n) is 7.46. The second-order valence-corrected chi connectivity index (χ2v) is 5.17. The van der Waals surface area contributed by atoms with Crippen LogP contribution in [0, 0.1) is 6.92 Å². The largest absolute Gasteiger partial charge is 0.497 e. The van der Waals surface area contributed by atoms with Gasteiger partial charge >= 0.3 is 0 Å². The molecule has 24 heavy (non-hydrogen) atoms. The number of furan rings is 1. The zero-order chi connectivity index (χ0) is 16.9. The van der Waals surface area contributed by atoms with E-state index in [2.05, 4.69) is 15.5 Å². The Bertz CT molecular complexity index is 838. The van der Waals surface area contributed by atoms with E-state index >= 15 is 0 Å². The summed E-state index contributed by atoms with van der Waals surface area (Å²) >= 11 is 0. The minimum absolute atomic E-state index is 0.137. The Morgan fingerprint density at radius 2 is 2.17 bits per heavy atom. The van der Waals surface area contributed by atoms with Gasteiger partial charge in [0.25, 0.3) is 5.89 Å². The van der Waals surface area contributed by atoms with E-state index in [-0.39, 0.29) is 12.3 Å². The van der Waals surface area contributed by atoms with Gasteiger partial charge in [-0.25, -0.2) is 0 Å². The highest BCUT2D eigenvalue weighted by molar-refractivity contribution is 5.90. The first-order chi connectivity index (χ1) is 11.7. The quantitative estimate of drug-likeness (QED) is 0.747. The van der Waals surface area contributed by atoms with Gasteiger partial charge in [-0.3, -0.25) is 4.79 Å². The number of hydrogen-bond acceptors (Lipinski definition) is 6. The molecule has 2 heterocycles. The van der Waals surface area contributed by atoms with Crippen LogP contribution in [0.1, 0.15) is 18.1 Å². The van der Waals surface area contributed by atoms with E-state index in [0.29, 0.717) is 35.4 Å². The predicted octanol–water partition coefficient (Wildman–Crippen LogP) is 3.22. The summed E-state index contributed by atoms with van der Waals surface area (Å²) in [6.07, 6.45) is 2.17. The van der Waals surface area contributed by atoms with E-state index in [1.54, 1.807) is 31.6 Å². The third kappa shape index (κ3) is 3.62. The maximum absolute atomic E-state index is 12.0. The van der Waals surface area contributed by atoms with Crippen LogP contribution in [0.4, 0.5) is 5.69 Å². The topological polar surface area (TPSA) is 90.4 Å². The maximum atomic E-state index is 12.0. The van der Waals surface area contributed by atoms with Crippen molar-refractivity contribution in [2.75, 3.05) is 12.4 Å². The summed E-state index contributed by atoms with van der Waals surface area (Å²) in [7, 11) is 1.58. The molecule has 0 saturated heterocycles. The second-order valence-electron chi connectivity index (χ2n) is 5.17. The van der Waals surface area contributed by atoms with Crippen molar-refractivity contribution in [3.8, 4) is 17.2 Å². The van der Waals surface area contributed by atoms with E-state index < -0.39 is 0 Å². The summed E-state index contributed by atoms with van der Waals surface area (Å²) < 4.78 is 15.9. The normalized spacial score (nSPS) is 10.6. The van der Waals surface area contributed by atoms with E-state index in [1.807, 2.05) is 19.1 Å². The van der Waals surface area contributed by atoms with Gasteiger partial charge in [0.05, 0.1) is 18.9 Å². The Morgan fingerprint density at radius 3 is 2.92 bits per heavy atom. The number of hydrogen-bond donors (Lipinski definition) is 1. The highest BCUT2D eigenvalue weighted by atomic mass is 16.5. The molecular weight excluding hydrogens is 310 g/mol. The zero-order valence-corrected chi connectivity index (χ0v) is 13.4. The fourth-order valence-corrected chi connectivity index (χ4v) is 2.22. The number of nitrogens with one attached hydrogen (secondary N) is 1. The molecular formula is C17H17N3O4. The molecule has 0 aliphatic heterocycles. The molecule has 0 spiro atoms. The van der Waals surface area contributed by atoms with Crippen molar-refractivity contribution in [1.82, 2.24) is 10.2 Å². The molecule has 7 heteroatoms. The first-order valence-corrected chi connectivity index (χ1v) is 7.46. The van der Waals surface area contributed by atoms with Gasteiger partial charge in [0.1, 0.15) is 11.5 Å². The van der Waals surface area contributed by atoms with Crippen LogP contribution in [0.2, 0.25) is 0 Å². The Morgan fingerprint density at radius 1 is 1.29 bits per heavy atom. The second kappa shape index (κ2) is 6.99. The van der Waals surface area contributed by atoms with Gasteiger partial charge in [-0.2, -0.15) is 0 Å². The molecule has 124 valence electrons. The summed E-state index contributed by atoms with van der Waals surface area (Å²) in [6, 6.07) is 8.94. The molecule has 0 radical (unpaired) electrons. The zero-order valence-electron chi connectivity index (χ0n) is 13.4. The number of aromatic nitrogens is 2. The molecule has 1 aromatic carbocycles. The molecule has 3 rings (SSSR count).